The summed E-state index contributed by atoms with van der Waals surface area (Å²) >= 11 is 0. The second-order valence-electron chi connectivity index (χ2n) is 1.35. The molecule has 0 heterocycles. The van der Waals surface area contributed by atoms with Crippen LogP contribution in [0, 0.1) is 0 Å². The third-order valence-corrected chi connectivity index (χ3v) is 0.596. The second-order valence-corrected chi connectivity index (χ2v) is 1.35. The fourth-order valence-corrected chi connectivity index (χ4v) is 0.0818. The molecule has 0 N–H and O–H groups in total. The molecular formula is C3H2F5O. The topological polar surface area (TPSA) is 19.9 Å². The van der Waals surface area contributed by atoms with E-state index >= 15 is 0 Å². The molecule has 0 aliphatic carbocycles. The molecule has 0 saturated heterocycles. The Kier molecular flexibility index (Phi) is 2.00. The Bertz CT molecular complexity index is 94.9. The molecule has 0 spiro atoms. The van der Waals surface area contributed by atoms with Crippen LogP contribution in [0.1, 0.15) is 0 Å². The highest BCUT2D eigenvalue weighted by Gasteiger charge is 2.57. The van der Waals surface area contributed by atoms with E-state index in [4.69, 9.17) is 5.11 Å². The summed E-state index contributed by atoms with van der Waals surface area (Å²) in [5, 5.41) is 9.13. The van der Waals surface area contributed by atoms with Crippen molar-refractivity contribution >= 4 is 0 Å². The van der Waals surface area contributed by atoms with Gasteiger partial charge in [0.2, 0.25) is 0 Å². The third kappa shape index (κ3) is 1.78. The normalized spacial score (nSPS) is 14.0. The predicted molar refractivity (Wildman–Crippen MR) is 16.6 cm³/mol. The lowest BCUT2D eigenvalue weighted by Crippen LogP contribution is -2.39. The first-order chi connectivity index (χ1) is 3.81. The molecule has 0 fully saturated rings. The van der Waals surface area contributed by atoms with Gasteiger partial charge in [0.15, 0.2) is 6.61 Å². The van der Waals surface area contributed by atoms with E-state index in [2.05, 4.69) is 0 Å². The van der Waals surface area contributed by atoms with Gasteiger partial charge in [-0.3, -0.25) is 0 Å². The summed E-state index contributed by atoms with van der Waals surface area (Å²) < 4.78 is 55.1. The quantitative estimate of drug-likeness (QED) is 0.505. The van der Waals surface area contributed by atoms with E-state index in [1.165, 1.54) is 0 Å². The minimum atomic E-state index is -5.70. The molecule has 0 aliphatic rings. The summed E-state index contributed by atoms with van der Waals surface area (Å²) in [5.74, 6) is -5.08. The number of alkyl halides is 5. The summed E-state index contributed by atoms with van der Waals surface area (Å²) in [6.45, 7) is -2.45. The van der Waals surface area contributed by atoms with Crippen molar-refractivity contribution in [3.63, 3.8) is 0 Å². The zero-order chi connectivity index (χ0) is 7.71. The molecule has 1 radical (unpaired) electrons. The first-order valence-corrected chi connectivity index (χ1v) is 1.84. The summed E-state index contributed by atoms with van der Waals surface area (Å²) in [4.78, 5) is 0. The highest BCUT2D eigenvalue weighted by atomic mass is 19.4. The summed E-state index contributed by atoms with van der Waals surface area (Å²) in [7, 11) is 0. The highest BCUT2D eigenvalue weighted by molar-refractivity contribution is 4.73. The van der Waals surface area contributed by atoms with Gasteiger partial charge < -0.3 is 0 Å². The second kappa shape index (κ2) is 2.09. The number of halogens is 5. The van der Waals surface area contributed by atoms with Crippen LogP contribution in [-0.2, 0) is 5.11 Å². The molecule has 0 rings (SSSR count). The van der Waals surface area contributed by atoms with Crippen LogP contribution in [0.3, 0.4) is 0 Å². The molecule has 1 nitrogen and oxygen atoms in total. The maximum absolute atomic E-state index is 11.2. The standard InChI is InChI=1S/C3H2F5O/c4-2(5,1-9)3(6,7)8/h1H2. The molecule has 6 heteroatoms. The van der Waals surface area contributed by atoms with E-state index in [0.29, 0.717) is 0 Å². The van der Waals surface area contributed by atoms with Crippen molar-refractivity contribution in [2.45, 2.75) is 12.1 Å². The smallest absolute Gasteiger partial charge is 0.230 e. The Labute approximate surface area is 47.1 Å². The van der Waals surface area contributed by atoms with Crippen LogP contribution in [0.15, 0.2) is 0 Å². The highest BCUT2D eigenvalue weighted by Crippen LogP contribution is 2.34. The van der Waals surface area contributed by atoms with Gasteiger partial charge in [-0.15, -0.1) is 0 Å². The molecule has 0 saturated carbocycles. The van der Waals surface area contributed by atoms with Crippen LogP contribution in [0.5, 0.6) is 0 Å². The lowest BCUT2D eigenvalue weighted by atomic mass is 10.3. The third-order valence-electron chi connectivity index (χ3n) is 0.596. The molecule has 0 aromatic heterocycles. The summed E-state index contributed by atoms with van der Waals surface area (Å²) in [5.41, 5.74) is 0. The van der Waals surface area contributed by atoms with Crippen molar-refractivity contribution in [2.75, 3.05) is 6.61 Å². The SMILES string of the molecule is [O]CC(F)(F)C(F)(F)F. The maximum atomic E-state index is 11.2. The fourth-order valence-electron chi connectivity index (χ4n) is 0.0818. The molecule has 0 unspecified atom stereocenters. The van der Waals surface area contributed by atoms with E-state index in [-0.39, 0.29) is 0 Å². The minimum absolute atomic E-state index is 2.45. The monoisotopic (exact) mass is 149 g/mol. The van der Waals surface area contributed by atoms with Crippen molar-refractivity contribution < 1.29 is 27.1 Å². The van der Waals surface area contributed by atoms with Crippen LogP contribution in [0.4, 0.5) is 22.0 Å². The van der Waals surface area contributed by atoms with E-state index in [0.717, 1.165) is 0 Å². The molecule has 0 aromatic carbocycles. The van der Waals surface area contributed by atoms with Crippen LogP contribution < -0.4 is 0 Å². The lowest BCUT2D eigenvalue weighted by molar-refractivity contribution is -0.297. The first-order valence-electron chi connectivity index (χ1n) is 1.84. The van der Waals surface area contributed by atoms with E-state index in [9.17, 15) is 22.0 Å². The van der Waals surface area contributed by atoms with Crippen LogP contribution in [0.2, 0.25) is 0 Å². The molecule has 0 aromatic rings. The van der Waals surface area contributed by atoms with Gasteiger partial charge >= 0.3 is 12.1 Å². The number of hydrogen-bond acceptors (Lipinski definition) is 0. The van der Waals surface area contributed by atoms with Gasteiger partial charge in [0.1, 0.15) is 0 Å². The van der Waals surface area contributed by atoms with Gasteiger partial charge in [0.05, 0.1) is 0 Å². The Morgan fingerprint density at radius 3 is 1.33 bits per heavy atom. The Morgan fingerprint density at radius 1 is 1.00 bits per heavy atom. The van der Waals surface area contributed by atoms with Crippen molar-refractivity contribution in [3.8, 4) is 0 Å². The molecular weight excluding hydrogens is 147 g/mol. The average Bonchev–Trinajstić information content (AvgIpc) is 1.64. The molecule has 0 aliphatic heterocycles. The lowest BCUT2D eigenvalue weighted by Gasteiger charge is -2.14. The van der Waals surface area contributed by atoms with Crippen LogP contribution >= 0.6 is 0 Å². The minimum Gasteiger partial charge on any atom is -0.230 e. The zero-order valence-corrected chi connectivity index (χ0v) is 4.01. The molecule has 0 amide bonds. The Morgan fingerprint density at radius 2 is 1.33 bits per heavy atom. The van der Waals surface area contributed by atoms with E-state index < -0.39 is 18.7 Å². The fraction of sp³-hybridized carbons (Fsp3) is 1.00. The Balaban J connectivity index is 4.14. The largest absolute Gasteiger partial charge is 0.455 e. The van der Waals surface area contributed by atoms with Crippen LogP contribution in [-0.4, -0.2) is 18.7 Å². The van der Waals surface area contributed by atoms with Crippen molar-refractivity contribution in [2.24, 2.45) is 0 Å². The van der Waals surface area contributed by atoms with Crippen molar-refractivity contribution in [1.29, 1.82) is 0 Å². The summed E-state index contributed by atoms with van der Waals surface area (Å²) in [6, 6.07) is 0. The Hall–Kier alpha value is -0.390. The van der Waals surface area contributed by atoms with Gasteiger partial charge in [0.25, 0.3) is 0 Å². The van der Waals surface area contributed by atoms with Crippen LogP contribution in [0.25, 0.3) is 0 Å². The van der Waals surface area contributed by atoms with E-state index in [1.54, 1.807) is 0 Å². The molecule has 0 bridgehead atoms. The van der Waals surface area contributed by atoms with Crippen molar-refractivity contribution in [1.82, 2.24) is 0 Å². The van der Waals surface area contributed by atoms with E-state index in [1.807, 2.05) is 0 Å². The zero-order valence-electron chi connectivity index (χ0n) is 4.01. The molecule has 55 valence electrons. The number of rotatable bonds is 1. The van der Waals surface area contributed by atoms with Gasteiger partial charge in [-0.25, -0.2) is 5.11 Å². The molecule has 0 atom stereocenters. The average molecular weight is 149 g/mol. The van der Waals surface area contributed by atoms with Crippen molar-refractivity contribution in [3.05, 3.63) is 0 Å². The molecule has 9 heavy (non-hydrogen) atoms. The summed E-state index contributed by atoms with van der Waals surface area (Å²) in [6.07, 6.45) is -5.70. The van der Waals surface area contributed by atoms with Gasteiger partial charge in [-0.2, -0.15) is 22.0 Å². The maximum Gasteiger partial charge on any atom is 0.455 e. The van der Waals surface area contributed by atoms with Gasteiger partial charge in [-0.05, 0) is 0 Å². The predicted octanol–water partition coefficient (Wildman–Crippen LogP) is 1.61. The number of hydrogen-bond donors (Lipinski definition) is 0. The van der Waals surface area contributed by atoms with Gasteiger partial charge in [0, 0.05) is 0 Å². The first kappa shape index (κ1) is 8.61. The van der Waals surface area contributed by atoms with Gasteiger partial charge in [-0.1, -0.05) is 0 Å².